The molecule has 0 spiro atoms. The molecule has 4 nitrogen and oxygen atoms in total. The van der Waals surface area contributed by atoms with E-state index < -0.39 is 0 Å². The topological polar surface area (TPSA) is 60.0 Å². The van der Waals surface area contributed by atoms with Crippen molar-refractivity contribution < 1.29 is 4.79 Å². The van der Waals surface area contributed by atoms with Gasteiger partial charge in [-0.2, -0.15) is 0 Å². The minimum absolute atomic E-state index is 0.166. The Labute approximate surface area is 113 Å². The van der Waals surface area contributed by atoms with Crippen LogP contribution in [0.1, 0.15) is 49.0 Å². The number of hydrogen-bond acceptors (Lipinski definition) is 2. The van der Waals surface area contributed by atoms with Crippen molar-refractivity contribution in [1.29, 1.82) is 0 Å². The molecule has 0 saturated heterocycles. The lowest BCUT2D eigenvalue weighted by Crippen LogP contribution is -2.52. The van der Waals surface area contributed by atoms with Crippen LogP contribution in [0.2, 0.25) is 0 Å². The molecule has 102 valence electrons. The highest BCUT2D eigenvalue weighted by atomic mass is 16.2. The van der Waals surface area contributed by atoms with Gasteiger partial charge in [0.15, 0.2) is 0 Å². The minimum Gasteiger partial charge on any atom is -0.337 e. The van der Waals surface area contributed by atoms with Gasteiger partial charge in [0, 0.05) is 11.7 Å². The number of carbonyl (C=O) groups excluding carboxylic acids is 1. The molecule has 4 aliphatic carbocycles. The van der Waals surface area contributed by atoms with E-state index in [0.717, 1.165) is 23.4 Å². The molecule has 0 aromatic carbocycles. The van der Waals surface area contributed by atoms with E-state index in [1.807, 2.05) is 12.1 Å². The molecule has 0 atom stereocenters. The number of nitrogens with zero attached hydrogens (tertiary/aromatic N) is 1. The Balaban J connectivity index is 1.76. The molecule has 5 rings (SSSR count). The van der Waals surface area contributed by atoms with Crippen molar-refractivity contribution in [2.75, 3.05) is 0 Å². The lowest BCUT2D eigenvalue weighted by Gasteiger charge is -2.57. The molecule has 0 radical (unpaired) electrons. The molecular weight excluding hydrogens is 238 g/mol. The lowest BCUT2D eigenvalue weighted by atomic mass is 9.53. The zero-order chi connectivity index (χ0) is 13.0. The summed E-state index contributed by atoms with van der Waals surface area (Å²) >= 11 is 0. The lowest BCUT2D eigenvalue weighted by molar-refractivity contribution is -0.0437. The number of hydrazine groups is 1. The van der Waals surface area contributed by atoms with E-state index in [9.17, 15) is 4.79 Å². The Kier molecular flexibility index (Phi) is 2.34. The zero-order valence-electron chi connectivity index (χ0n) is 11.1. The van der Waals surface area contributed by atoms with Crippen LogP contribution >= 0.6 is 0 Å². The summed E-state index contributed by atoms with van der Waals surface area (Å²) in [5, 5.41) is 0. The molecule has 4 heteroatoms. The number of carbonyl (C=O) groups is 1. The molecule has 1 aromatic heterocycles. The number of hydrogen-bond donors (Lipinski definition) is 2. The molecule has 4 fully saturated rings. The van der Waals surface area contributed by atoms with Crippen LogP contribution in [0.5, 0.6) is 0 Å². The average molecular weight is 259 g/mol. The number of nitrogens with two attached hydrogens (primary N) is 1. The first-order valence-electron chi connectivity index (χ1n) is 7.39. The maximum atomic E-state index is 11.9. The van der Waals surface area contributed by atoms with E-state index in [-0.39, 0.29) is 11.4 Å². The van der Waals surface area contributed by atoms with Crippen LogP contribution in [0.4, 0.5) is 0 Å². The van der Waals surface area contributed by atoms with E-state index >= 15 is 0 Å². The highest BCUT2D eigenvalue weighted by Crippen LogP contribution is 2.59. The summed E-state index contributed by atoms with van der Waals surface area (Å²) in [5.74, 6) is 7.78. The van der Waals surface area contributed by atoms with Crippen LogP contribution in [0, 0.1) is 17.8 Å². The second-order valence-electron chi connectivity index (χ2n) is 6.88. The number of aromatic nitrogens is 1. The van der Waals surface area contributed by atoms with Crippen molar-refractivity contribution in [3.63, 3.8) is 0 Å². The fraction of sp³-hybridized carbons (Fsp3) is 0.667. The Morgan fingerprint density at radius 2 is 1.79 bits per heavy atom. The summed E-state index contributed by atoms with van der Waals surface area (Å²) in [6.07, 6.45) is 10.1. The maximum absolute atomic E-state index is 11.9. The summed E-state index contributed by atoms with van der Waals surface area (Å²) in [5.41, 5.74) is 3.20. The Morgan fingerprint density at radius 3 is 2.32 bits per heavy atom. The van der Waals surface area contributed by atoms with Gasteiger partial charge in [-0.05, 0) is 68.4 Å². The van der Waals surface area contributed by atoms with Crippen molar-refractivity contribution in [3.05, 3.63) is 24.0 Å². The third-order valence-corrected chi connectivity index (χ3v) is 5.63. The van der Waals surface area contributed by atoms with E-state index in [4.69, 9.17) is 5.84 Å². The van der Waals surface area contributed by atoms with Gasteiger partial charge in [-0.3, -0.25) is 10.2 Å². The second-order valence-corrected chi connectivity index (χ2v) is 6.88. The molecule has 4 aliphatic rings. The predicted molar refractivity (Wildman–Crippen MR) is 72.2 cm³/mol. The first-order valence-corrected chi connectivity index (χ1v) is 7.39. The molecule has 0 unspecified atom stereocenters. The SMILES string of the molecule is NNC(=O)c1cccn1C12CC3CC(CC(C3)C1)C2. The van der Waals surface area contributed by atoms with Crippen LogP contribution in [0.25, 0.3) is 0 Å². The summed E-state index contributed by atoms with van der Waals surface area (Å²) in [6.45, 7) is 0. The van der Waals surface area contributed by atoms with E-state index in [0.29, 0.717) is 0 Å². The molecular formula is C15H21N3O. The second kappa shape index (κ2) is 3.85. The quantitative estimate of drug-likeness (QED) is 0.485. The highest BCUT2D eigenvalue weighted by Gasteiger charge is 2.52. The van der Waals surface area contributed by atoms with Crippen LogP contribution < -0.4 is 11.3 Å². The molecule has 1 amide bonds. The standard InChI is InChI=1S/C15H21N3O/c16-17-14(19)13-2-1-3-18(13)15-7-10-4-11(8-15)6-12(5-10)9-15/h1-3,10-12H,4-9,16H2,(H,17,19). The van der Waals surface area contributed by atoms with Crippen molar-refractivity contribution in [2.24, 2.45) is 23.6 Å². The minimum atomic E-state index is -0.166. The highest BCUT2D eigenvalue weighted by molar-refractivity contribution is 5.92. The fourth-order valence-corrected chi connectivity index (χ4v) is 5.41. The molecule has 1 heterocycles. The predicted octanol–water partition coefficient (Wildman–Crippen LogP) is 2.02. The van der Waals surface area contributed by atoms with Crippen molar-refractivity contribution in [3.8, 4) is 0 Å². The summed E-state index contributed by atoms with van der Waals surface area (Å²) in [6, 6.07) is 3.87. The third kappa shape index (κ3) is 1.59. The van der Waals surface area contributed by atoms with Gasteiger partial charge in [-0.15, -0.1) is 0 Å². The first-order chi connectivity index (χ1) is 9.20. The van der Waals surface area contributed by atoms with Gasteiger partial charge in [-0.1, -0.05) is 0 Å². The van der Waals surface area contributed by atoms with Gasteiger partial charge < -0.3 is 4.57 Å². The van der Waals surface area contributed by atoms with Crippen molar-refractivity contribution >= 4 is 5.91 Å². The Morgan fingerprint density at radius 1 is 1.21 bits per heavy atom. The van der Waals surface area contributed by atoms with Crippen LogP contribution in [-0.4, -0.2) is 10.5 Å². The monoisotopic (exact) mass is 259 g/mol. The van der Waals surface area contributed by atoms with Gasteiger partial charge in [0.1, 0.15) is 5.69 Å². The fourth-order valence-electron chi connectivity index (χ4n) is 5.41. The number of nitrogen functional groups attached to an aromatic ring is 1. The van der Waals surface area contributed by atoms with Gasteiger partial charge >= 0.3 is 0 Å². The summed E-state index contributed by atoms with van der Waals surface area (Å²) in [7, 11) is 0. The average Bonchev–Trinajstić information content (AvgIpc) is 2.86. The van der Waals surface area contributed by atoms with Crippen LogP contribution in [-0.2, 0) is 5.54 Å². The van der Waals surface area contributed by atoms with Gasteiger partial charge in [0.05, 0.1) is 0 Å². The van der Waals surface area contributed by atoms with Gasteiger partial charge in [-0.25, -0.2) is 5.84 Å². The maximum Gasteiger partial charge on any atom is 0.281 e. The van der Waals surface area contributed by atoms with Gasteiger partial charge in [0.25, 0.3) is 5.91 Å². The normalized spacial score (nSPS) is 39.5. The molecule has 19 heavy (non-hydrogen) atoms. The Hall–Kier alpha value is -1.29. The van der Waals surface area contributed by atoms with E-state index in [1.165, 1.54) is 38.5 Å². The van der Waals surface area contributed by atoms with E-state index in [2.05, 4.69) is 16.2 Å². The van der Waals surface area contributed by atoms with Crippen LogP contribution in [0.15, 0.2) is 18.3 Å². The molecule has 0 aliphatic heterocycles. The largest absolute Gasteiger partial charge is 0.337 e. The van der Waals surface area contributed by atoms with Crippen LogP contribution in [0.3, 0.4) is 0 Å². The molecule has 4 saturated carbocycles. The summed E-state index contributed by atoms with van der Waals surface area (Å²) in [4.78, 5) is 11.9. The number of nitrogens with one attached hydrogen (secondary N) is 1. The van der Waals surface area contributed by atoms with E-state index in [1.54, 1.807) is 0 Å². The molecule has 4 bridgehead atoms. The number of amides is 1. The smallest absolute Gasteiger partial charge is 0.281 e. The first kappa shape index (κ1) is 11.5. The molecule has 1 aromatic rings. The zero-order valence-corrected chi connectivity index (χ0v) is 11.1. The number of rotatable bonds is 2. The van der Waals surface area contributed by atoms with Crippen molar-refractivity contribution in [1.82, 2.24) is 9.99 Å². The van der Waals surface area contributed by atoms with Crippen molar-refractivity contribution in [2.45, 2.75) is 44.1 Å². The third-order valence-electron chi connectivity index (χ3n) is 5.63. The Bertz CT molecular complexity index is 484. The summed E-state index contributed by atoms with van der Waals surface area (Å²) < 4.78 is 2.24. The molecule has 3 N–H and O–H groups in total. The van der Waals surface area contributed by atoms with Gasteiger partial charge in [0.2, 0.25) is 0 Å².